The monoisotopic (exact) mass is 1510 g/mol. The summed E-state index contributed by atoms with van der Waals surface area (Å²) in [6, 6.07) is 130. The Labute approximate surface area is 668 Å². The highest BCUT2D eigenvalue weighted by molar-refractivity contribution is 8.01. The van der Waals surface area contributed by atoms with Crippen molar-refractivity contribution >= 4 is 58.9 Å². The van der Waals surface area contributed by atoms with Crippen molar-refractivity contribution in [3.8, 4) is 0 Å². The van der Waals surface area contributed by atoms with Crippen LogP contribution < -0.4 is 11.1 Å². The molecule has 0 fully saturated rings. The third kappa shape index (κ3) is 23.3. The van der Waals surface area contributed by atoms with Crippen molar-refractivity contribution in [1.29, 1.82) is 0 Å². The summed E-state index contributed by atoms with van der Waals surface area (Å²) in [5.74, 6) is 3.65. The molecule has 0 aliphatic rings. The number of carbonyl (C=O) groups is 2. The third-order valence-corrected chi connectivity index (χ3v) is 26.5. The van der Waals surface area contributed by atoms with Crippen LogP contribution in [-0.4, -0.2) is 53.1 Å². The molecule has 1 amide bonds. The first-order chi connectivity index (χ1) is 53.8. The molecule has 0 spiro atoms. The van der Waals surface area contributed by atoms with Gasteiger partial charge in [-0.1, -0.05) is 403 Å². The maximum atomic E-state index is 12.7. The summed E-state index contributed by atoms with van der Waals surface area (Å²) in [5, 5.41) is 12.0. The molecule has 109 heavy (non-hydrogen) atoms. The number of unbranched alkanes of at least 4 members (excludes halogenated alkanes) is 10. The minimum atomic E-state index is -0.708. The van der Waals surface area contributed by atoms with E-state index in [1.165, 1.54) is 86.0 Å². The van der Waals surface area contributed by atoms with E-state index < -0.39 is 5.97 Å². The van der Waals surface area contributed by atoms with E-state index in [9.17, 15) is 9.59 Å². The fraction of sp³-hybridized carbons (Fsp3) is 0.260. The Kier molecular flexibility index (Phi) is 34.6. The van der Waals surface area contributed by atoms with Crippen LogP contribution >= 0.6 is 47.0 Å². The van der Waals surface area contributed by atoms with Gasteiger partial charge in [0.05, 0.1) is 19.0 Å². The van der Waals surface area contributed by atoms with Crippen LogP contribution in [0.25, 0.3) is 0 Å². The van der Waals surface area contributed by atoms with Crippen molar-refractivity contribution in [2.75, 3.05) is 36.1 Å². The van der Waals surface area contributed by atoms with Crippen molar-refractivity contribution in [3.05, 3.63) is 431 Å². The van der Waals surface area contributed by atoms with Gasteiger partial charge in [-0.2, -0.15) is 0 Å². The lowest BCUT2D eigenvalue weighted by molar-refractivity contribution is -0.137. The van der Waals surface area contributed by atoms with Crippen LogP contribution in [0, 0.1) is 0 Å². The Morgan fingerprint density at radius 1 is 0.239 bits per heavy atom. The number of amides is 1. The number of benzene rings is 12. The van der Waals surface area contributed by atoms with Crippen LogP contribution in [0.15, 0.2) is 364 Å². The highest BCUT2D eigenvalue weighted by atomic mass is 32.2. The average molecular weight is 1510 g/mol. The number of rotatable bonds is 41. The molecule has 0 unspecified atom stereocenters. The maximum Gasteiger partial charge on any atom is 0.303 e. The first-order valence-electron chi connectivity index (χ1n) is 39.3. The summed E-state index contributed by atoms with van der Waals surface area (Å²) < 4.78 is -1.01. The van der Waals surface area contributed by atoms with Gasteiger partial charge in [0.25, 0.3) is 0 Å². The standard InChI is InChI=1S/C50H53NOS2.C25H29NS.C25H26O2S/c52-48(38-22-9-25-41-54-50(45-32-16-6-17-33-45,46-34-18-7-19-35-46)47-36-20-8-21-37-47)51-39-23-1-2-24-40-53-49(42-26-10-3-11-27-42,43-28-12-4-13-29-43)44-30-14-5-15-31-44;26-20-12-1-2-13-21-27-25(22-14-6-3-7-15-22,23-16-8-4-9-17-23)24-18-10-5-11-19-24;26-24(27)19-11-4-12-20-28-25(21-13-5-1-6-14-21,22-15-7-2-8-16-22)23-17-9-3-10-18-23/h3-8,10-21,26-37H,1-2,9,22-25,38-41H2,(H,51,52);3-11,14-19H,1-2,12-13,20-21,26H2;1-3,5-10,13-18H,4,11-12,19-20H2,(H,26,27). The quantitative estimate of drug-likeness (QED) is 0.0258. The van der Waals surface area contributed by atoms with Crippen LogP contribution in [0.5, 0.6) is 0 Å². The molecule has 0 heterocycles. The molecule has 12 aromatic carbocycles. The lowest BCUT2D eigenvalue weighted by atomic mass is 9.84. The van der Waals surface area contributed by atoms with Gasteiger partial charge in [0, 0.05) is 19.4 Å². The molecule has 0 radical (unpaired) electrons. The summed E-state index contributed by atoms with van der Waals surface area (Å²) in [4.78, 5) is 23.5. The second-order valence-corrected chi connectivity index (χ2v) is 32.7. The lowest BCUT2D eigenvalue weighted by Gasteiger charge is -2.35. The van der Waals surface area contributed by atoms with E-state index in [1.807, 2.05) is 35.3 Å². The van der Waals surface area contributed by atoms with Crippen LogP contribution in [0.4, 0.5) is 0 Å². The Bertz CT molecular complexity index is 4020. The molecule has 12 rings (SSSR count). The molecule has 560 valence electrons. The van der Waals surface area contributed by atoms with Gasteiger partial charge in [-0.25, -0.2) is 0 Å². The highest BCUT2D eigenvalue weighted by Gasteiger charge is 2.40. The number of aliphatic carboxylic acids is 1. The Hall–Kier alpha value is -9.06. The zero-order valence-corrected chi connectivity index (χ0v) is 66.4. The topological polar surface area (TPSA) is 92.4 Å². The van der Waals surface area contributed by atoms with Gasteiger partial charge in [-0.05, 0) is 148 Å². The average Bonchev–Trinajstić information content (AvgIpc) is 0.782. The normalized spacial score (nSPS) is 11.5. The molecule has 12 aromatic rings. The number of carboxylic acid groups (broad SMARTS) is 1. The van der Waals surface area contributed by atoms with Crippen LogP contribution in [0.1, 0.15) is 169 Å². The molecule has 5 nitrogen and oxygen atoms in total. The molecule has 0 saturated carbocycles. The second kappa shape index (κ2) is 45.8. The predicted octanol–water partition coefficient (Wildman–Crippen LogP) is 25.3. The molecular formula is C100H108N2O3S4. The maximum absolute atomic E-state index is 12.7. The van der Waals surface area contributed by atoms with E-state index >= 15 is 0 Å². The molecule has 0 saturated heterocycles. The Morgan fingerprint density at radius 2 is 0.413 bits per heavy atom. The second-order valence-electron chi connectivity index (χ2n) is 27.5. The number of nitrogens with one attached hydrogen (secondary N) is 1. The lowest BCUT2D eigenvalue weighted by Crippen LogP contribution is -2.26. The number of nitrogens with two attached hydrogens (primary N) is 1. The largest absolute Gasteiger partial charge is 0.481 e. The molecule has 0 bridgehead atoms. The van der Waals surface area contributed by atoms with Crippen LogP contribution in [0.3, 0.4) is 0 Å². The van der Waals surface area contributed by atoms with Crippen molar-refractivity contribution in [2.45, 2.75) is 122 Å². The van der Waals surface area contributed by atoms with Gasteiger partial charge in [0.1, 0.15) is 0 Å². The van der Waals surface area contributed by atoms with Gasteiger partial charge < -0.3 is 16.2 Å². The molecule has 0 aliphatic heterocycles. The fourth-order valence-corrected chi connectivity index (χ4v) is 20.8. The molecule has 0 atom stereocenters. The summed E-state index contributed by atoms with van der Waals surface area (Å²) in [5.41, 5.74) is 21.3. The Balaban J connectivity index is 0.000000193. The van der Waals surface area contributed by atoms with E-state index in [1.54, 1.807) is 0 Å². The van der Waals surface area contributed by atoms with Gasteiger partial charge in [0.2, 0.25) is 5.91 Å². The van der Waals surface area contributed by atoms with Gasteiger partial charge in [0.15, 0.2) is 0 Å². The van der Waals surface area contributed by atoms with E-state index in [0.717, 1.165) is 107 Å². The molecule has 0 aromatic heterocycles. The van der Waals surface area contributed by atoms with Crippen LogP contribution in [-0.2, 0) is 28.6 Å². The minimum absolute atomic E-state index is 0.183. The van der Waals surface area contributed by atoms with Gasteiger partial charge in [-0.3, -0.25) is 9.59 Å². The van der Waals surface area contributed by atoms with Crippen molar-refractivity contribution in [1.82, 2.24) is 5.32 Å². The molecule has 4 N–H and O–H groups in total. The highest BCUT2D eigenvalue weighted by Crippen LogP contribution is 2.53. The zero-order chi connectivity index (χ0) is 75.6. The summed E-state index contributed by atoms with van der Waals surface area (Å²) in [6.45, 7) is 1.56. The number of hydrogen-bond donors (Lipinski definition) is 3. The predicted molar refractivity (Wildman–Crippen MR) is 470 cm³/mol. The number of thioether (sulfide) groups is 4. The number of carbonyl (C=O) groups excluding carboxylic acids is 1. The first-order valence-corrected chi connectivity index (χ1v) is 43.2. The molecule has 9 heteroatoms. The van der Waals surface area contributed by atoms with Gasteiger partial charge >= 0.3 is 5.97 Å². The zero-order valence-electron chi connectivity index (χ0n) is 63.2. The number of hydrogen-bond acceptors (Lipinski definition) is 7. The van der Waals surface area contributed by atoms with Crippen molar-refractivity contribution < 1.29 is 14.7 Å². The molecule has 0 aliphatic carbocycles. The first kappa shape index (κ1) is 82.4. The van der Waals surface area contributed by atoms with Crippen LogP contribution in [0.2, 0.25) is 0 Å². The summed E-state index contributed by atoms with van der Waals surface area (Å²) in [7, 11) is 0. The minimum Gasteiger partial charge on any atom is -0.481 e. The van der Waals surface area contributed by atoms with Gasteiger partial charge in [-0.15, -0.1) is 47.0 Å². The smallest absolute Gasteiger partial charge is 0.303 e. The fourth-order valence-electron chi connectivity index (χ4n) is 14.6. The van der Waals surface area contributed by atoms with Crippen molar-refractivity contribution in [2.24, 2.45) is 5.73 Å². The van der Waals surface area contributed by atoms with E-state index in [2.05, 4.69) is 381 Å². The SMILES string of the molecule is NCCCCCCSC(c1ccccc1)(c1ccccc1)c1ccccc1.O=C(CCCCCSC(c1ccccc1)(c1ccccc1)c1ccccc1)NCCCCCCSC(c1ccccc1)(c1ccccc1)c1ccccc1.O=C(O)CCCCCSC(c1ccccc1)(c1ccccc1)c1ccccc1. The van der Waals surface area contributed by atoms with E-state index in [0.29, 0.717) is 6.42 Å². The van der Waals surface area contributed by atoms with E-state index in [-0.39, 0.29) is 31.3 Å². The van der Waals surface area contributed by atoms with E-state index in [4.69, 9.17) is 10.8 Å². The summed E-state index contributed by atoms with van der Waals surface area (Å²) in [6.07, 6.45) is 15.9. The Morgan fingerprint density at radius 3 is 0.606 bits per heavy atom. The van der Waals surface area contributed by atoms with Crippen molar-refractivity contribution in [3.63, 3.8) is 0 Å². The number of carboxylic acids is 1. The summed E-state index contributed by atoms with van der Waals surface area (Å²) >= 11 is 8.04. The molecular weight excluding hydrogens is 1410 g/mol. The third-order valence-electron chi connectivity index (χ3n) is 20.0.